The van der Waals surface area contributed by atoms with E-state index in [1.165, 1.54) is 24.9 Å². The van der Waals surface area contributed by atoms with Crippen molar-refractivity contribution in [2.45, 2.75) is 23.0 Å². The number of aryl methyl sites for hydroxylation is 1. The van der Waals surface area contributed by atoms with Crippen molar-refractivity contribution >= 4 is 17.7 Å². The van der Waals surface area contributed by atoms with Crippen molar-refractivity contribution in [2.75, 3.05) is 7.11 Å². The molecule has 8 heteroatoms. The number of ether oxygens (including phenoxy) is 1. The van der Waals surface area contributed by atoms with E-state index < -0.39 is 23.1 Å². The van der Waals surface area contributed by atoms with E-state index in [1.807, 2.05) is 30.3 Å². The molecule has 146 valence electrons. The van der Waals surface area contributed by atoms with Crippen LogP contribution in [0.25, 0.3) is 0 Å². The molecule has 3 aromatic rings. The Morgan fingerprint density at radius 1 is 1.36 bits per heavy atom. The Bertz CT molecular complexity index is 1010. The molecule has 3 rings (SSSR count). The Balaban J connectivity index is 1.95. The van der Waals surface area contributed by atoms with E-state index in [4.69, 9.17) is 9.15 Å². The number of hydrogen-bond donors (Lipinski definition) is 1. The van der Waals surface area contributed by atoms with E-state index in [9.17, 15) is 14.7 Å². The van der Waals surface area contributed by atoms with Crippen LogP contribution in [0.1, 0.15) is 29.4 Å². The summed E-state index contributed by atoms with van der Waals surface area (Å²) in [5.41, 5.74) is 0.0860. The van der Waals surface area contributed by atoms with E-state index >= 15 is 0 Å². The number of carbonyl (C=O) groups excluding carboxylic acids is 1. The van der Waals surface area contributed by atoms with Gasteiger partial charge >= 0.3 is 5.97 Å². The minimum Gasteiger partial charge on any atom is -0.502 e. The lowest BCUT2D eigenvalue weighted by molar-refractivity contribution is -0.140. The maximum atomic E-state index is 12.3. The first-order valence-electron chi connectivity index (χ1n) is 8.57. The molecule has 1 atom stereocenters. The summed E-state index contributed by atoms with van der Waals surface area (Å²) in [5.74, 6) is -0.827. The smallest absolute Gasteiger partial charge is 0.306 e. The molecule has 2 heterocycles. The molecule has 0 radical (unpaired) electrons. The second kappa shape index (κ2) is 8.79. The zero-order chi connectivity index (χ0) is 20.1. The zero-order valence-electron chi connectivity index (χ0n) is 15.5. The molecular weight excluding hydrogens is 380 g/mol. The Kier molecular flexibility index (Phi) is 6.20. The molecule has 0 saturated heterocycles. The highest BCUT2D eigenvalue weighted by Gasteiger charge is 2.27. The lowest BCUT2D eigenvalue weighted by atomic mass is 9.95. The predicted octanol–water partition coefficient (Wildman–Crippen LogP) is 3.07. The van der Waals surface area contributed by atoms with Gasteiger partial charge < -0.3 is 14.3 Å². The first-order valence-corrected chi connectivity index (χ1v) is 9.55. The van der Waals surface area contributed by atoms with Crippen LogP contribution in [0.15, 0.2) is 62.9 Å². The van der Waals surface area contributed by atoms with Gasteiger partial charge in [0.05, 0.1) is 31.4 Å². The van der Waals surface area contributed by atoms with E-state index in [0.717, 1.165) is 4.90 Å². The number of thioether (sulfide) groups is 1. The molecule has 1 N–H and O–H groups in total. The summed E-state index contributed by atoms with van der Waals surface area (Å²) >= 11 is 1.50. The Morgan fingerprint density at radius 3 is 2.75 bits per heavy atom. The van der Waals surface area contributed by atoms with E-state index in [-0.39, 0.29) is 12.2 Å². The van der Waals surface area contributed by atoms with Gasteiger partial charge in [0.1, 0.15) is 5.76 Å². The van der Waals surface area contributed by atoms with Gasteiger partial charge in [-0.05, 0) is 12.1 Å². The molecule has 1 unspecified atom stereocenters. The summed E-state index contributed by atoms with van der Waals surface area (Å²) in [4.78, 5) is 25.3. The maximum Gasteiger partial charge on any atom is 0.306 e. The van der Waals surface area contributed by atoms with Gasteiger partial charge in [0, 0.05) is 29.8 Å². The summed E-state index contributed by atoms with van der Waals surface area (Å²) in [7, 11) is 3.02. The van der Waals surface area contributed by atoms with Gasteiger partial charge in [-0.2, -0.15) is 5.10 Å². The molecule has 0 bridgehead atoms. The molecule has 0 fully saturated rings. The summed E-state index contributed by atoms with van der Waals surface area (Å²) in [6.07, 6.45) is 3.19. The molecule has 0 aliphatic carbocycles. The standard InChI is InChI=1S/C20H20N2O5S/c1-22-11-13(10-21-22)16(9-18(24)26-2)20-19(25)17(23)8-14(27-20)12-28-15-6-4-3-5-7-15/h3-8,10-11,16,25H,9,12H2,1-2H3. The van der Waals surface area contributed by atoms with Gasteiger partial charge in [-0.25, -0.2) is 0 Å². The third-order valence-corrected chi connectivity index (χ3v) is 5.20. The van der Waals surface area contributed by atoms with Crippen molar-refractivity contribution < 1.29 is 19.1 Å². The lowest BCUT2D eigenvalue weighted by Gasteiger charge is -2.15. The van der Waals surface area contributed by atoms with Crippen molar-refractivity contribution in [1.82, 2.24) is 9.78 Å². The van der Waals surface area contributed by atoms with E-state index in [2.05, 4.69) is 5.10 Å². The van der Waals surface area contributed by atoms with Crippen molar-refractivity contribution in [2.24, 2.45) is 7.05 Å². The Hall–Kier alpha value is -3.00. The largest absolute Gasteiger partial charge is 0.502 e. The number of hydrogen-bond acceptors (Lipinski definition) is 7. The predicted molar refractivity (Wildman–Crippen MR) is 104 cm³/mol. The van der Waals surface area contributed by atoms with E-state index in [1.54, 1.807) is 24.1 Å². The fraction of sp³-hybridized carbons (Fsp3) is 0.250. The first kappa shape index (κ1) is 19.8. The molecule has 0 amide bonds. The molecule has 1 aromatic carbocycles. The molecular formula is C20H20N2O5S. The van der Waals surface area contributed by atoms with Crippen LogP contribution in [-0.2, 0) is 22.3 Å². The van der Waals surface area contributed by atoms with Crippen LogP contribution in [-0.4, -0.2) is 28.0 Å². The molecule has 28 heavy (non-hydrogen) atoms. The van der Waals surface area contributed by atoms with Crippen LogP contribution < -0.4 is 5.43 Å². The van der Waals surface area contributed by atoms with Crippen molar-refractivity contribution in [1.29, 1.82) is 0 Å². The molecule has 7 nitrogen and oxygen atoms in total. The SMILES string of the molecule is COC(=O)CC(c1cnn(C)c1)c1oc(CSc2ccccc2)cc(=O)c1O. The van der Waals surface area contributed by atoms with Crippen LogP contribution in [0, 0.1) is 0 Å². The first-order chi connectivity index (χ1) is 13.5. The van der Waals surface area contributed by atoms with Crippen molar-refractivity contribution in [3.8, 4) is 5.75 Å². The number of nitrogens with zero attached hydrogens (tertiary/aromatic N) is 2. The van der Waals surface area contributed by atoms with Crippen molar-refractivity contribution in [3.05, 3.63) is 76.1 Å². The third-order valence-electron chi connectivity index (χ3n) is 4.17. The van der Waals surface area contributed by atoms with Gasteiger partial charge in [-0.1, -0.05) is 18.2 Å². The number of methoxy groups -OCH3 is 1. The second-order valence-corrected chi connectivity index (χ2v) is 7.22. The number of carbonyl (C=O) groups is 1. The zero-order valence-corrected chi connectivity index (χ0v) is 16.3. The lowest BCUT2D eigenvalue weighted by Crippen LogP contribution is -2.13. The molecule has 0 saturated carbocycles. The van der Waals surface area contributed by atoms with Crippen LogP contribution >= 0.6 is 11.8 Å². The summed E-state index contributed by atoms with van der Waals surface area (Å²) < 4.78 is 12.2. The van der Waals surface area contributed by atoms with Gasteiger partial charge in [0.15, 0.2) is 5.76 Å². The van der Waals surface area contributed by atoms with Crippen LogP contribution in [0.5, 0.6) is 5.75 Å². The average Bonchev–Trinajstić information content (AvgIpc) is 3.13. The highest BCUT2D eigenvalue weighted by atomic mass is 32.2. The normalized spacial score (nSPS) is 11.9. The minimum atomic E-state index is -0.685. The maximum absolute atomic E-state index is 12.3. The minimum absolute atomic E-state index is 0.0366. The van der Waals surface area contributed by atoms with Gasteiger partial charge in [-0.3, -0.25) is 14.3 Å². The monoisotopic (exact) mass is 400 g/mol. The summed E-state index contributed by atoms with van der Waals surface area (Å²) in [6, 6.07) is 11.0. The van der Waals surface area contributed by atoms with E-state index in [0.29, 0.717) is 17.1 Å². The fourth-order valence-corrected chi connectivity index (χ4v) is 3.57. The Labute approximate surface area is 166 Å². The summed E-state index contributed by atoms with van der Waals surface area (Å²) in [6.45, 7) is 0. The van der Waals surface area contributed by atoms with Crippen molar-refractivity contribution in [3.63, 3.8) is 0 Å². The molecule has 0 aliphatic heterocycles. The van der Waals surface area contributed by atoms with Gasteiger partial charge in [-0.15, -0.1) is 11.8 Å². The average molecular weight is 400 g/mol. The highest BCUT2D eigenvalue weighted by molar-refractivity contribution is 7.98. The van der Waals surface area contributed by atoms with Crippen LogP contribution in [0.2, 0.25) is 0 Å². The number of esters is 1. The summed E-state index contributed by atoms with van der Waals surface area (Å²) in [5, 5.41) is 14.4. The number of aromatic nitrogens is 2. The molecule has 0 aliphatic rings. The van der Waals surface area contributed by atoms with Crippen LogP contribution in [0.4, 0.5) is 0 Å². The fourth-order valence-electron chi connectivity index (χ4n) is 2.77. The molecule has 2 aromatic heterocycles. The molecule has 0 spiro atoms. The third kappa shape index (κ3) is 4.64. The topological polar surface area (TPSA) is 94.6 Å². The van der Waals surface area contributed by atoms with Gasteiger partial charge in [0.25, 0.3) is 0 Å². The quantitative estimate of drug-likeness (QED) is 0.481. The number of aromatic hydroxyl groups is 1. The second-order valence-electron chi connectivity index (χ2n) is 6.17. The number of rotatable bonds is 7. The Morgan fingerprint density at radius 2 is 2.11 bits per heavy atom. The van der Waals surface area contributed by atoms with Gasteiger partial charge in [0.2, 0.25) is 11.2 Å². The van der Waals surface area contributed by atoms with Crippen LogP contribution in [0.3, 0.4) is 0 Å². The number of benzene rings is 1. The highest BCUT2D eigenvalue weighted by Crippen LogP contribution is 2.34.